The van der Waals surface area contributed by atoms with Crippen molar-refractivity contribution in [1.29, 1.82) is 0 Å². The van der Waals surface area contributed by atoms with E-state index in [9.17, 15) is 9.59 Å². The molecule has 1 heterocycles. The van der Waals surface area contributed by atoms with Crippen molar-refractivity contribution in [1.82, 2.24) is 0 Å². The van der Waals surface area contributed by atoms with Crippen molar-refractivity contribution in [2.45, 2.75) is 25.9 Å². The van der Waals surface area contributed by atoms with Crippen LogP contribution in [0.3, 0.4) is 0 Å². The van der Waals surface area contributed by atoms with E-state index in [4.69, 9.17) is 16.3 Å². The lowest BCUT2D eigenvalue weighted by Crippen LogP contribution is -2.28. The molecule has 1 aliphatic heterocycles. The summed E-state index contributed by atoms with van der Waals surface area (Å²) in [5, 5.41) is 0.605. The summed E-state index contributed by atoms with van der Waals surface area (Å²) in [5.74, 6) is -0.133. The van der Waals surface area contributed by atoms with Crippen molar-refractivity contribution in [2.75, 3.05) is 0 Å². The van der Waals surface area contributed by atoms with E-state index in [2.05, 4.69) is 0 Å². The molecule has 2 aromatic rings. The predicted molar refractivity (Wildman–Crippen MR) is 93.2 cm³/mol. The molecule has 0 fully saturated rings. The van der Waals surface area contributed by atoms with Gasteiger partial charge in [-0.15, -0.1) is 0 Å². The second-order valence-corrected chi connectivity index (χ2v) is 6.26. The van der Waals surface area contributed by atoms with Crippen LogP contribution in [0.5, 0.6) is 0 Å². The molecule has 0 unspecified atom stereocenters. The summed E-state index contributed by atoms with van der Waals surface area (Å²) >= 11 is 5.96. The number of carbonyl (C=O) groups excluding carboxylic acids is 2. The van der Waals surface area contributed by atoms with Gasteiger partial charge in [-0.05, 0) is 31.5 Å². The molecule has 122 valence electrons. The second-order valence-electron chi connectivity index (χ2n) is 5.82. The fourth-order valence-electron chi connectivity index (χ4n) is 3.14. The molecule has 0 bridgehead atoms. The maximum Gasteiger partial charge on any atom is 0.204 e. The van der Waals surface area contributed by atoms with Gasteiger partial charge in [-0.2, -0.15) is 0 Å². The van der Waals surface area contributed by atoms with E-state index < -0.39 is 12.0 Å². The Hall–Kier alpha value is -2.39. The SMILES string of the molecule is CC(=O)C1=C(C)O[C@H](C(=O)c2ccccc2)[C@@H]1c1ccc(Cl)cc1. The normalized spacial score (nSPS) is 20.0. The minimum absolute atomic E-state index is 0.0872. The highest BCUT2D eigenvalue weighted by atomic mass is 35.5. The minimum Gasteiger partial charge on any atom is -0.485 e. The van der Waals surface area contributed by atoms with Gasteiger partial charge in [-0.3, -0.25) is 9.59 Å². The van der Waals surface area contributed by atoms with E-state index in [1.54, 1.807) is 31.2 Å². The standard InChI is InChI=1S/C20H17ClO3/c1-12(22)17-13(2)24-20(19(23)15-6-4-3-5-7-15)18(17)14-8-10-16(21)11-9-14/h3-11,18,20H,1-2H3/t18-,20+/m1/s1. The molecular formula is C20H17ClO3. The van der Waals surface area contributed by atoms with Crippen molar-refractivity contribution in [3.8, 4) is 0 Å². The summed E-state index contributed by atoms with van der Waals surface area (Å²) in [6.45, 7) is 3.23. The lowest BCUT2D eigenvalue weighted by molar-refractivity contribution is -0.113. The number of rotatable bonds is 4. The average Bonchev–Trinajstić information content (AvgIpc) is 2.93. The summed E-state index contributed by atoms with van der Waals surface area (Å²) in [7, 11) is 0. The number of carbonyl (C=O) groups is 2. The summed E-state index contributed by atoms with van der Waals surface area (Å²) < 4.78 is 5.82. The molecule has 0 saturated heterocycles. The smallest absolute Gasteiger partial charge is 0.204 e. The van der Waals surface area contributed by atoms with Crippen molar-refractivity contribution in [3.63, 3.8) is 0 Å². The zero-order chi connectivity index (χ0) is 17.3. The highest BCUT2D eigenvalue weighted by molar-refractivity contribution is 6.30. The predicted octanol–water partition coefficient (Wildman–Crippen LogP) is 4.57. The third kappa shape index (κ3) is 3.00. The fraction of sp³-hybridized carbons (Fsp3) is 0.200. The lowest BCUT2D eigenvalue weighted by Gasteiger charge is -2.20. The van der Waals surface area contributed by atoms with Crippen LogP contribution in [-0.2, 0) is 9.53 Å². The molecule has 0 aromatic heterocycles. The lowest BCUT2D eigenvalue weighted by atomic mass is 9.83. The molecular weight excluding hydrogens is 324 g/mol. The Labute approximate surface area is 145 Å². The van der Waals surface area contributed by atoms with Crippen LogP contribution < -0.4 is 0 Å². The third-order valence-corrected chi connectivity index (χ3v) is 4.47. The molecule has 2 atom stereocenters. The number of ketones is 2. The van der Waals surface area contributed by atoms with E-state index in [1.165, 1.54) is 6.92 Å². The van der Waals surface area contributed by atoms with E-state index in [1.807, 2.05) is 30.3 Å². The molecule has 0 spiro atoms. The van der Waals surface area contributed by atoms with Gasteiger partial charge in [0.05, 0.1) is 5.92 Å². The van der Waals surface area contributed by atoms with Crippen molar-refractivity contribution >= 4 is 23.2 Å². The molecule has 24 heavy (non-hydrogen) atoms. The number of ether oxygens (including phenoxy) is 1. The third-order valence-electron chi connectivity index (χ3n) is 4.22. The van der Waals surface area contributed by atoms with Gasteiger partial charge in [0.2, 0.25) is 5.78 Å². The Morgan fingerprint density at radius 1 is 1.00 bits per heavy atom. The quantitative estimate of drug-likeness (QED) is 0.766. The largest absolute Gasteiger partial charge is 0.485 e. The molecule has 0 saturated carbocycles. The van der Waals surface area contributed by atoms with Crippen LogP contribution in [0.15, 0.2) is 65.9 Å². The van der Waals surface area contributed by atoms with Gasteiger partial charge in [0.1, 0.15) is 5.76 Å². The number of Topliss-reactive ketones (excluding diaryl/α,β-unsaturated/α-hetero) is 2. The monoisotopic (exact) mass is 340 g/mol. The number of benzene rings is 2. The first kappa shape index (κ1) is 16.5. The summed E-state index contributed by atoms with van der Waals surface area (Å²) in [4.78, 5) is 25.1. The van der Waals surface area contributed by atoms with Crippen LogP contribution >= 0.6 is 11.6 Å². The summed E-state index contributed by atoms with van der Waals surface area (Å²) in [5.41, 5.74) is 1.96. The first-order valence-corrected chi connectivity index (χ1v) is 8.10. The number of allylic oxidation sites excluding steroid dienone is 1. The van der Waals surface area contributed by atoms with Crippen LogP contribution in [0.25, 0.3) is 0 Å². The zero-order valence-electron chi connectivity index (χ0n) is 13.5. The topological polar surface area (TPSA) is 43.4 Å². The first-order chi connectivity index (χ1) is 11.5. The van der Waals surface area contributed by atoms with Gasteiger partial charge in [0, 0.05) is 16.2 Å². The van der Waals surface area contributed by atoms with E-state index in [0.717, 1.165) is 5.56 Å². The van der Waals surface area contributed by atoms with Gasteiger partial charge >= 0.3 is 0 Å². The molecule has 1 aliphatic rings. The Morgan fingerprint density at radius 3 is 2.21 bits per heavy atom. The average molecular weight is 341 g/mol. The molecule has 3 rings (SSSR count). The maximum absolute atomic E-state index is 12.9. The Balaban J connectivity index is 2.04. The van der Waals surface area contributed by atoms with Gasteiger partial charge in [0.25, 0.3) is 0 Å². The van der Waals surface area contributed by atoms with Crippen LogP contribution in [-0.4, -0.2) is 17.7 Å². The van der Waals surface area contributed by atoms with Gasteiger partial charge < -0.3 is 4.74 Å². The number of halogens is 1. The summed E-state index contributed by atoms with van der Waals surface area (Å²) in [6.07, 6.45) is -0.743. The van der Waals surface area contributed by atoms with E-state index in [-0.39, 0.29) is 11.6 Å². The maximum atomic E-state index is 12.9. The minimum atomic E-state index is -0.743. The first-order valence-electron chi connectivity index (χ1n) is 7.72. The van der Waals surface area contributed by atoms with Gasteiger partial charge in [-0.1, -0.05) is 54.1 Å². The second kappa shape index (κ2) is 6.62. The number of hydrogen-bond acceptors (Lipinski definition) is 3. The Bertz CT molecular complexity index is 807. The zero-order valence-corrected chi connectivity index (χ0v) is 14.2. The molecule has 2 aromatic carbocycles. The fourth-order valence-corrected chi connectivity index (χ4v) is 3.27. The highest BCUT2D eigenvalue weighted by Gasteiger charge is 2.42. The summed E-state index contributed by atoms with van der Waals surface area (Å²) in [6, 6.07) is 16.2. The van der Waals surface area contributed by atoms with Crippen molar-refractivity contribution < 1.29 is 14.3 Å². The molecule has 0 aliphatic carbocycles. The van der Waals surface area contributed by atoms with Gasteiger partial charge in [0.15, 0.2) is 11.9 Å². The molecule has 4 heteroatoms. The molecule has 0 amide bonds. The Kier molecular flexibility index (Phi) is 4.54. The Morgan fingerprint density at radius 2 is 1.62 bits per heavy atom. The van der Waals surface area contributed by atoms with Crippen LogP contribution in [0.4, 0.5) is 0 Å². The molecule has 3 nitrogen and oxygen atoms in total. The van der Waals surface area contributed by atoms with E-state index >= 15 is 0 Å². The highest BCUT2D eigenvalue weighted by Crippen LogP contribution is 2.41. The molecule has 0 radical (unpaired) electrons. The van der Waals surface area contributed by atoms with Crippen LogP contribution in [0.2, 0.25) is 5.02 Å². The van der Waals surface area contributed by atoms with Crippen molar-refractivity contribution in [3.05, 3.63) is 82.1 Å². The van der Waals surface area contributed by atoms with Crippen LogP contribution in [0.1, 0.15) is 35.7 Å². The van der Waals surface area contributed by atoms with Crippen molar-refractivity contribution in [2.24, 2.45) is 0 Å². The van der Waals surface area contributed by atoms with Crippen LogP contribution in [0, 0.1) is 0 Å². The molecule has 0 N–H and O–H groups in total. The van der Waals surface area contributed by atoms with E-state index in [0.29, 0.717) is 21.9 Å². The van der Waals surface area contributed by atoms with Gasteiger partial charge in [-0.25, -0.2) is 0 Å². The number of hydrogen-bond donors (Lipinski definition) is 0.